The summed E-state index contributed by atoms with van der Waals surface area (Å²) >= 11 is 10.6. The number of anilines is 1. The summed E-state index contributed by atoms with van der Waals surface area (Å²) in [4.78, 5) is 0. The number of nitrogens with one attached hydrogen (secondary N) is 1. The second kappa shape index (κ2) is 5.59. The van der Waals surface area contributed by atoms with Crippen molar-refractivity contribution in [1.29, 1.82) is 0 Å². The largest absolute Gasteiger partial charge is 0.379 e. The minimum Gasteiger partial charge on any atom is -0.379 e. The van der Waals surface area contributed by atoms with Gasteiger partial charge in [-0.3, -0.25) is 0 Å². The molecule has 90 valence electrons. The van der Waals surface area contributed by atoms with E-state index in [0.717, 1.165) is 25.7 Å². The first-order chi connectivity index (χ1) is 8.06. The fourth-order valence-electron chi connectivity index (χ4n) is 1.57. The fourth-order valence-corrected chi connectivity index (χ4v) is 4.11. The lowest BCUT2D eigenvalue weighted by atomic mass is 10.3. The number of aryl methyl sites for hydroxylation is 1. The highest BCUT2D eigenvalue weighted by molar-refractivity contribution is 9.11. The van der Waals surface area contributed by atoms with Gasteiger partial charge in [0.25, 0.3) is 0 Å². The van der Waals surface area contributed by atoms with Crippen molar-refractivity contribution in [3.05, 3.63) is 49.6 Å². The zero-order valence-corrected chi connectivity index (χ0v) is 13.9. The van der Waals surface area contributed by atoms with E-state index in [4.69, 9.17) is 0 Å². The van der Waals surface area contributed by atoms with Gasteiger partial charge in [-0.25, -0.2) is 0 Å². The minimum absolute atomic E-state index is 0.805. The number of aromatic nitrogens is 1. The Kier molecular flexibility index (Phi) is 4.33. The molecule has 0 atom stereocenters. The second-order valence-electron chi connectivity index (χ2n) is 3.78. The van der Waals surface area contributed by atoms with Crippen molar-refractivity contribution >= 4 is 53.5 Å². The predicted octanol–water partition coefficient (Wildman–Crippen LogP) is 4.92. The molecule has 0 unspecified atom stereocenters. The van der Waals surface area contributed by atoms with Crippen LogP contribution in [0.3, 0.4) is 0 Å². The van der Waals surface area contributed by atoms with Crippen LogP contribution in [0.2, 0.25) is 0 Å². The Morgan fingerprint density at radius 3 is 2.35 bits per heavy atom. The molecule has 0 aliphatic carbocycles. The van der Waals surface area contributed by atoms with Gasteiger partial charge >= 0.3 is 0 Å². The molecule has 0 fully saturated rings. The molecule has 2 nitrogen and oxygen atoms in total. The third-order valence-corrected chi connectivity index (χ3v) is 4.08. The first-order valence-electron chi connectivity index (χ1n) is 5.05. The maximum absolute atomic E-state index is 3.55. The Hall–Kier alpha value is -0.260. The van der Waals surface area contributed by atoms with E-state index >= 15 is 0 Å². The maximum atomic E-state index is 3.55. The van der Waals surface area contributed by atoms with Crippen LogP contribution in [0.25, 0.3) is 0 Å². The summed E-state index contributed by atoms with van der Waals surface area (Å²) in [5, 5.41) is 3.41. The van der Waals surface area contributed by atoms with Gasteiger partial charge in [0.15, 0.2) is 0 Å². The van der Waals surface area contributed by atoms with Crippen molar-refractivity contribution in [2.75, 3.05) is 5.32 Å². The Bertz CT molecular complexity index is 511. The van der Waals surface area contributed by atoms with Crippen molar-refractivity contribution in [1.82, 2.24) is 4.57 Å². The lowest BCUT2D eigenvalue weighted by molar-refractivity contribution is 0.920. The van der Waals surface area contributed by atoms with Crippen molar-refractivity contribution < 1.29 is 0 Å². The molecular weight excluding hydrogens is 412 g/mol. The number of rotatable bonds is 3. The number of benzene rings is 1. The maximum Gasteiger partial charge on any atom is 0.0632 e. The second-order valence-corrected chi connectivity index (χ2v) is 6.41. The van der Waals surface area contributed by atoms with Crippen LogP contribution < -0.4 is 5.32 Å². The average Bonchev–Trinajstić information content (AvgIpc) is 2.62. The molecule has 1 aromatic carbocycles. The van der Waals surface area contributed by atoms with Gasteiger partial charge in [0, 0.05) is 39.4 Å². The lowest BCUT2D eigenvalue weighted by Gasteiger charge is -2.10. The van der Waals surface area contributed by atoms with E-state index in [2.05, 4.69) is 65.4 Å². The van der Waals surface area contributed by atoms with Crippen molar-refractivity contribution in [3.8, 4) is 0 Å². The Balaban J connectivity index is 2.14. The Morgan fingerprint density at radius 2 is 1.82 bits per heavy atom. The zero-order valence-electron chi connectivity index (χ0n) is 9.17. The zero-order chi connectivity index (χ0) is 12.4. The van der Waals surface area contributed by atoms with Gasteiger partial charge in [-0.2, -0.15) is 0 Å². The molecule has 0 aliphatic rings. The van der Waals surface area contributed by atoms with Crippen LogP contribution in [0.4, 0.5) is 5.69 Å². The smallest absolute Gasteiger partial charge is 0.0632 e. The molecule has 1 N–H and O–H groups in total. The van der Waals surface area contributed by atoms with Crippen molar-refractivity contribution in [2.45, 2.75) is 6.54 Å². The molecule has 1 heterocycles. The molecule has 0 aliphatic heterocycles. The summed E-state index contributed by atoms with van der Waals surface area (Å²) in [5.41, 5.74) is 2.33. The van der Waals surface area contributed by atoms with E-state index in [0.29, 0.717) is 0 Å². The van der Waals surface area contributed by atoms with Gasteiger partial charge in [-0.05, 0) is 55.6 Å². The molecule has 0 saturated heterocycles. The molecular formula is C12H11Br3N2. The van der Waals surface area contributed by atoms with Gasteiger partial charge in [0.05, 0.1) is 5.69 Å². The number of hydrogen-bond acceptors (Lipinski definition) is 1. The van der Waals surface area contributed by atoms with Crippen LogP contribution in [0.1, 0.15) is 5.56 Å². The lowest BCUT2D eigenvalue weighted by Crippen LogP contribution is -2.00. The first-order valence-corrected chi connectivity index (χ1v) is 7.43. The molecule has 0 radical (unpaired) electrons. The van der Waals surface area contributed by atoms with Crippen molar-refractivity contribution in [3.63, 3.8) is 0 Å². The summed E-state index contributed by atoms with van der Waals surface area (Å²) in [6.45, 7) is 0.805. The summed E-state index contributed by atoms with van der Waals surface area (Å²) in [6.07, 6.45) is 4.15. The summed E-state index contributed by atoms with van der Waals surface area (Å²) in [7, 11) is 2.02. The van der Waals surface area contributed by atoms with Gasteiger partial charge < -0.3 is 9.88 Å². The Labute approximate surface area is 126 Å². The average molecular weight is 423 g/mol. The van der Waals surface area contributed by atoms with E-state index in [9.17, 15) is 0 Å². The topological polar surface area (TPSA) is 17.0 Å². The van der Waals surface area contributed by atoms with E-state index in [-0.39, 0.29) is 0 Å². The molecule has 2 aromatic rings. The monoisotopic (exact) mass is 420 g/mol. The highest BCUT2D eigenvalue weighted by Gasteiger charge is 2.06. The SMILES string of the molecule is Cn1ccc(CNc2c(Br)cc(Br)cc2Br)c1. The molecule has 17 heavy (non-hydrogen) atoms. The molecule has 0 amide bonds. The number of halogens is 3. The van der Waals surface area contributed by atoms with Gasteiger partial charge in [-0.15, -0.1) is 0 Å². The third kappa shape index (κ3) is 3.36. The van der Waals surface area contributed by atoms with Crippen LogP contribution in [0, 0.1) is 0 Å². The van der Waals surface area contributed by atoms with Gasteiger partial charge in [-0.1, -0.05) is 15.9 Å². The third-order valence-electron chi connectivity index (χ3n) is 2.37. The van der Waals surface area contributed by atoms with Crippen LogP contribution in [0.15, 0.2) is 44.0 Å². The van der Waals surface area contributed by atoms with Crippen LogP contribution >= 0.6 is 47.8 Å². The summed E-state index contributed by atoms with van der Waals surface area (Å²) < 4.78 is 5.16. The molecule has 0 bridgehead atoms. The molecule has 2 rings (SSSR count). The predicted molar refractivity (Wildman–Crippen MR) is 82.3 cm³/mol. The van der Waals surface area contributed by atoms with Crippen LogP contribution in [0.5, 0.6) is 0 Å². The van der Waals surface area contributed by atoms with Gasteiger partial charge in [0.2, 0.25) is 0 Å². The van der Waals surface area contributed by atoms with E-state index in [1.165, 1.54) is 5.56 Å². The highest BCUT2D eigenvalue weighted by atomic mass is 79.9. The minimum atomic E-state index is 0.805. The molecule has 5 heteroatoms. The summed E-state index contributed by atoms with van der Waals surface area (Å²) in [6, 6.07) is 6.16. The van der Waals surface area contributed by atoms with E-state index < -0.39 is 0 Å². The quantitative estimate of drug-likeness (QED) is 0.742. The fraction of sp³-hybridized carbons (Fsp3) is 0.167. The van der Waals surface area contributed by atoms with Crippen LogP contribution in [-0.4, -0.2) is 4.57 Å². The summed E-state index contributed by atoms with van der Waals surface area (Å²) in [5.74, 6) is 0. The van der Waals surface area contributed by atoms with Crippen LogP contribution in [-0.2, 0) is 13.6 Å². The number of nitrogens with zero attached hydrogens (tertiary/aromatic N) is 1. The Morgan fingerprint density at radius 1 is 1.18 bits per heavy atom. The van der Waals surface area contributed by atoms with Crippen molar-refractivity contribution in [2.24, 2.45) is 7.05 Å². The van der Waals surface area contributed by atoms with E-state index in [1.807, 2.05) is 29.9 Å². The normalized spacial score (nSPS) is 10.6. The van der Waals surface area contributed by atoms with E-state index in [1.54, 1.807) is 0 Å². The molecule has 0 saturated carbocycles. The number of hydrogen-bond donors (Lipinski definition) is 1. The first kappa shape index (κ1) is 13.2. The standard InChI is InChI=1S/C12H11Br3N2/c1-17-3-2-8(7-17)6-16-12-10(14)4-9(13)5-11(12)15/h2-5,7,16H,6H2,1H3. The van der Waals surface area contributed by atoms with Gasteiger partial charge in [0.1, 0.15) is 0 Å². The highest BCUT2D eigenvalue weighted by Crippen LogP contribution is 2.34. The molecule has 1 aromatic heterocycles. The molecule has 0 spiro atoms.